The number of carboxylic acid groups (broad SMARTS) is 1. The highest BCUT2D eigenvalue weighted by Crippen LogP contribution is 2.28. The Hall–Kier alpha value is -1.35. The van der Waals surface area contributed by atoms with E-state index in [2.05, 4.69) is 29.6 Å². The molecule has 1 unspecified atom stereocenters. The number of hydrogen-bond donors (Lipinski definition) is 2. The maximum atomic E-state index is 10.5. The van der Waals surface area contributed by atoms with Gasteiger partial charge in [0.1, 0.15) is 0 Å². The van der Waals surface area contributed by atoms with Gasteiger partial charge < -0.3 is 10.4 Å². The van der Waals surface area contributed by atoms with Crippen LogP contribution in [0.3, 0.4) is 0 Å². The maximum absolute atomic E-state index is 10.5. The molecule has 1 aromatic carbocycles. The van der Waals surface area contributed by atoms with E-state index in [0.717, 1.165) is 13.0 Å². The standard InChI is InChI=1S/C15H21NO2/c17-15(18)10-5-11-16-14-9-4-2-7-12-6-1-3-8-13(12)14/h1,3,6,8,14,16H,2,4-5,7,9-11H2,(H,17,18). The van der Waals surface area contributed by atoms with E-state index in [0.29, 0.717) is 12.5 Å². The summed E-state index contributed by atoms with van der Waals surface area (Å²) in [6.07, 6.45) is 5.78. The van der Waals surface area contributed by atoms with E-state index in [-0.39, 0.29) is 6.42 Å². The van der Waals surface area contributed by atoms with Gasteiger partial charge in [0.15, 0.2) is 0 Å². The first kappa shape index (κ1) is 13.1. The van der Waals surface area contributed by atoms with Crippen LogP contribution < -0.4 is 5.32 Å². The predicted octanol–water partition coefficient (Wildman–Crippen LogP) is 2.91. The molecule has 1 aliphatic rings. The Bertz CT molecular complexity index is 403. The first-order valence-electron chi connectivity index (χ1n) is 6.80. The number of fused-ring (bicyclic) bond motifs is 1. The highest BCUT2D eigenvalue weighted by molar-refractivity contribution is 5.66. The monoisotopic (exact) mass is 247 g/mol. The molecule has 2 N–H and O–H groups in total. The zero-order chi connectivity index (χ0) is 12.8. The number of carbonyl (C=O) groups is 1. The van der Waals surface area contributed by atoms with Crippen molar-refractivity contribution in [3.8, 4) is 0 Å². The second-order valence-electron chi connectivity index (χ2n) is 4.95. The first-order valence-corrected chi connectivity index (χ1v) is 6.80. The molecule has 3 heteroatoms. The van der Waals surface area contributed by atoms with Crippen LogP contribution in [0.5, 0.6) is 0 Å². The molecule has 0 aliphatic heterocycles. The van der Waals surface area contributed by atoms with Crippen molar-refractivity contribution in [1.29, 1.82) is 0 Å². The second kappa shape index (κ2) is 6.55. The Morgan fingerprint density at radius 1 is 1.33 bits per heavy atom. The Morgan fingerprint density at radius 2 is 2.17 bits per heavy atom. The van der Waals surface area contributed by atoms with Crippen molar-refractivity contribution in [3.63, 3.8) is 0 Å². The number of hydrogen-bond acceptors (Lipinski definition) is 2. The van der Waals surface area contributed by atoms with E-state index in [4.69, 9.17) is 5.11 Å². The van der Waals surface area contributed by atoms with Crippen molar-refractivity contribution in [1.82, 2.24) is 5.32 Å². The molecular weight excluding hydrogens is 226 g/mol. The molecule has 0 radical (unpaired) electrons. The molecule has 1 aromatic rings. The molecule has 0 aromatic heterocycles. The lowest BCUT2D eigenvalue weighted by molar-refractivity contribution is -0.137. The van der Waals surface area contributed by atoms with E-state index in [1.54, 1.807) is 0 Å². The van der Waals surface area contributed by atoms with Gasteiger partial charge in [0.05, 0.1) is 0 Å². The molecule has 1 aliphatic carbocycles. The van der Waals surface area contributed by atoms with Crippen molar-refractivity contribution >= 4 is 5.97 Å². The lowest BCUT2D eigenvalue weighted by atomic mass is 9.99. The lowest BCUT2D eigenvalue weighted by Gasteiger charge is -2.19. The molecular formula is C15H21NO2. The van der Waals surface area contributed by atoms with Gasteiger partial charge in [0.2, 0.25) is 0 Å². The van der Waals surface area contributed by atoms with Gasteiger partial charge >= 0.3 is 5.97 Å². The molecule has 0 amide bonds. The van der Waals surface area contributed by atoms with E-state index in [9.17, 15) is 4.79 Å². The summed E-state index contributed by atoms with van der Waals surface area (Å²) in [4.78, 5) is 10.5. The summed E-state index contributed by atoms with van der Waals surface area (Å²) in [5.74, 6) is -0.710. The zero-order valence-corrected chi connectivity index (χ0v) is 10.7. The molecule has 3 nitrogen and oxygen atoms in total. The lowest BCUT2D eigenvalue weighted by Crippen LogP contribution is -2.23. The summed E-state index contributed by atoms with van der Waals surface area (Å²) in [7, 11) is 0. The van der Waals surface area contributed by atoms with Crippen LogP contribution in [-0.2, 0) is 11.2 Å². The van der Waals surface area contributed by atoms with Gasteiger partial charge in [-0.2, -0.15) is 0 Å². The SMILES string of the molecule is O=C(O)CCCNC1CCCCc2ccccc21. The number of nitrogens with one attached hydrogen (secondary N) is 1. The van der Waals surface area contributed by atoms with Crippen molar-refractivity contribution in [2.75, 3.05) is 6.54 Å². The molecule has 0 bridgehead atoms. The van der Waals surface area contributed by atoms with Crippen LogP contribution in [0.2, 0.25) is 0 Å². The third-order valence-corrected chi connectivity index (χ3v) is 3.58. The summed E-state index contributed by atoms with van der Waals surface area (Å²) < 4.78 is 0. The van der Waals surface area contributed by atoms with Crippen LogP contribution in [0.4, 0.5) is 0 Å². The summed E-state index contributed by atoms with van der Waals surface area (Å²) >= 11 is 0. The van der Waals surface area contributed by atoms with Crippen LogP contribution in [0.25, 0.3) is 0 Å². The number of aliphatic carboxylic acids is 1. The Morgan fingerprint density at radius 3 is 3.00 bits per heavy atom. The summed E-state index contributed by atoms with van der Waals surface area (Å²) in [5, 5.41) is 12.1. The number of rotatable bonds is 5. The number of carboxylic acids is 1. The van der Waals surface area contributed by atoms with E-state index < -0.39 is 5.97 Å². The Balaban J connectivity index is 1.93. The average Bonchev–Trinajstić information content (AvgIpc) is 2.57. The maximum Gasteiger partial charge on any atom is 0.303 e. The molecule has 0 saturated heterocycles. The fourth-order valence-electron chi connectivity index (χ4n) is 2.65. The minimum atomic E-state index is -0.710. The highest BCUT2D eigenvalue weighted by atomic mass is 16.4. The smallest absolute Gasteiger partial charge is 0.303 e. The van der Waals surface area contributed by atoms with Crippen LogP contribution in [0, 0.1) is 0 Å². The molecule has 2 rings (SSSR count). The molecule has 0 spiro atoms. The fraction of sp³-hybridized carbons (Fsp3) is 0.533. The normalized spacial score (nSPS) is 19.0. The summed E-state index contributed by atoms with van der Waals surface area (Å²) in [6, 6.07) is 9.02. The minimum absolute atomic E-state index is 0.251. The van der Waals surface area contributed by atoms with Crippen molar-refractivity contribution in [3.05, 3.63) is 35.4 Å². The average molecular weight is 247 g/mol. The minimum Gasteiger partial charge on any atom is -0.481 e. The number of benzene rings is 1. The van der Waals surface area contributed by atoms with Gasteiger partial charge in [0.25, 0.3) is 0 Å². The molecule has 1 atom stereocenters. The zero-order valence-electron chi connectivity index (χ0n) is 10.7. The van der Waals surface area contributed by atoms with Crippen LogP contribution in [0.15, 0.2) is 24.3 Å². The van der Waals surface area contributed by atoms with Crippen LogP contribution >= 0.6 is 0 Å². The van der Waals surface area contributed by atoms with Gasteiger partial charge in [-0.1, -0.05) is 30.7 Å². The van der Waals surface area contributed by atoms with Crippen molar-refractivity contribution in [2.24, 2.45) is 0 Å². The third kappa shape index (κ3) is 3.57. The van der Waals surface area contributed by atoms with Gasteiger partial charge in [-0.25, -0.2) is 0 Å². The van der Waals surface area contributed by atoms with Gasteiger partial charge in [0, 0.05) is 12.5 Å². The van der Waals surface area contributed by atoms with E-state index in [1.807, 2.05) is 0 Å². The molecule has 0 fully saturated rings. The quantitative estimate of drug-likeness (QED) is 0.621. The third-order valence-electron chi connectivity index (χ3n) is 3.58. The van der Waals surface area contributed by atoms with E-state index in [1.165, 1.54) is 30.4 Å². The molecule has 0 heterocycles. The summed E-state index contributed by atoms with van der Waals surface area (Å²) in [5.41, 5.74) is 2.86. The molecule has 0 saturated carbocycles. The van der Waals surface area contributed by atoms with Crippen molar-refractivity contribution < 1.29 is 9.90 Å². The largest absolute Gasteiger partial charge is 0.481 e. The fourth-order valence-corrected chi connectivity index (χ4v) is 2.65. The van der Waals surface area contributed by atoms with E-state index >= 15 is 0 Å². The first-order chi connectivity index (χ1) is 8.77. The predicted molar refractivity (Wildman–Crippen MR) is 71.6 cm³/mol. The highest BCUT2D eigenvalue weighted by Gasteiger charge is 2.17. The van der Waals surface area contributed by atoms with Crippen LogP contribution in [-0.4, -0.2) is 17.6 Å². The number of aryl methyl sites for hydroxylation is 1. The van der Waals surface area contributed by atoms with Crippen LogP contribution in [0.1, 0.15) is 49.3 Å². The topological polar surface area (TPSA) is 49.3 Å². The summed E-state index contributed by atoms with van der Waals surface area (Å²) in [6.45, 7) is 0.783. The van der Waals surface area contributed by atoms with Gasteiger partial charge in [-0.15, -0.1) is 0 Å². The van der Waals surface area contributed by atoms with Gasteiger partial charge in [-0.3, -0.25) is 4.79 Å². The van der Waals surface area contributed by atoms with Gasteiger partial charge in [-0.05, 0) is 43.4 Å². The second-order valence-corrected chi connectivity index (χ2v) is 4.95. The Kier molecular flexibility index (Phi) is 4.76. The Labute approximate surface area is 108 Å². The molecule has 98 valence electrons. The van der Waals surface area contributed by atoms with Crippen molar-refractivity contribution in [2.45, 2.75) is 44.6 Å². The molecule has 18 heavy (non-hydrogen) atoms.